The van der Waals surface area contributed by atoms with Gasteiger partial charge in [0.05, 0.1) is 6.67 Å². The SMILES string of the molecule is C1=CCC2=C(C1)C[N]CN2. The average molecular weight is 135 g/mol. The molecule has 0 spiro atoms. The lowest BCUT2D eigenvalue weighted by molar-refractivity contribution is 0.584. The first kappa shape index (κ1) is 5.98. The molecule has 10 heavy (non-hydrogen) atoms. The molecule has 1 aliphatic heterocycles. The lowest BCUT2D eigenvalue weighted by Crippen LogP contribution is -2.32. The van der Waals surface area contributed by atoms with Crippen LogP contribution in [-0.2, 0) is 0 Å². The largest absolute Gasteiger partial charge is 0.374 e. The minimum absolute atomic E-state index is 0.812. The van der Waals surface area contributed by atoms with E-state index in [9.17, 15) is 0 Å². The first-order valence-corrected chi connectivity index (χ1v) is 3.70. The summed E-state index contributed by atoms with van der Waals surface area (Å²) in [4.78, 5) is 0. The van der Waals surface area contributed by atoms with Gasteiger partial charge >= 0.3 is 0 Å². The summed E-state index contributed by atoms with van der Waals surface area (Å²) >= 11 is 0. The van der Waals surface area contributed by atoms with Crippen LogP contribution >= 0.6 is 0 Å². The predicted molar refractivity (Wildman–Crippen MR) is 40.4 cm³/mol. The average Bonchev–Trinajstić information content (AvgIpc) is 2.05. The van der Waals surface area contributed by atoms with Crippen LogP contribution < -0.4 is 10.6 Å². The molecule has 0 aromatic heterocycles. The minimum Gasteiger partial charge on any atom is -0.374 e. The molecule has 0 saturated heterocycles. The highest BCUT2D eigenvalue weighted by molar-refractivity contribution is 5.25. The van der Waals surface area contributed by atoms with E-state index in [2.05, 4.69) is 22.8 Å². The molecule has 0 atom stereocenters. The van der Waals surface area contributed by atoms with E-state index in [4.69, 9.17) is 0 Å². The highest BCUT2D eigenvalue weighted by Gasteiger charge is 2.11. The van der Waals surface area contributed by atoms with Crippen molar-refractivity contribution >= 4 is 0 Å². The molecule has 1 radical (unpaired) electrons. The molecule has 0 aromatic rings. The zero-order valence-corrected chi connectivity index (χ0v) is 5.93. The summed E-state index contributed by atoms with van der Waals surface area (Å²) in [7, 11) is 0. The highest BCUT2D eigenvalue weighted by atomic mass is 15.1. The quantitative estimate of drug-likeness (QED) is 0.487. The van der Waals surface area contributed by atoms with E-state index in [1.807, 2.05) is 0 Å². The molecule has 1 aliphatic carbocycles. The third-order valence-electron chi connectivity index (χ3n) is 1.99. The Morgan fingerprint density at radius 3 is 3.10 bits per heavy atom. The molecule has 2 heteroatoms. The monoisotopic (exact) mass is 135 g/mol. The maximum Gasteiger partial charge on any atom is 0.0816 e. The first-order valence-electron chi connectivity index (χ1n) is 3.70. The third-order valence-corrected chi connectivity index (χ3v) is 1.99. The highest BCUT2D eigenvalue weighted by Crippen LogP contribution is 2.18. The van der Waals surface area contributed by atoms with Gasteiger partial charge in [-0.1, -0.05) is 12.2 Å². The second-order valence-electron chi connectivity index (χ2n) is 2.68. The second-order valence-corrected chi connectivity index (χ2v) is 2.68. The van der Waals surface area contributed by atoms with Crippen molar-refractivity contribution in [3.05, 3.63) is 23.4 Å². The predicted octanol–water partition coefficient (Wildman–Crippen LogP) is 0.756. The standard InChI is InChI=1S/C8H11N2/c1-2-4-8-7(3-1)5-9-6-10-8/h1-2,10H,3-6H2. The van der Waals surface area contributed by atoms with Crippen molar-refractivity contribution in [2.24, 2.45) is 0 Å². The Morgan fingerprint density at radius 1 is 1.30 bits per heavy atom. The Kier molecular flexibility index (Phi) is 1.47. The molecule has 53 valence electrons. The van der Waals surface area contributed by atoms with Crippen molar-refractivity contribution in [2.75, 3.05) is 13.2 Å². The smallest absolute Gasteiger partial charge is 0.0816 e. The zero-order valence-electron chi connectivity index (χ0n) is 5.93. The van der Waals surface area contributed by atoms with Crippen LogP contribution in [0, 0.1) is 0 Å². The van der Waals surface area contributed by atoms with Gasteiger partial charge in [-0.3, -0.25) is 0 Å². The third kappa shape index (κ3) is 0.948. The second kappa shape index (κ2) is 2.46. The number of hydrogen-bond donors (Lipinski definition) is 1. The van der Waals surface area contributed by atoms with Gasteiger partial charge in [0.2, 0.25) is 0 Å². The van der Waals surface area contributed by atoms with Crippen LogP contribution in [0.25, 0.3) is 0 Å². The molecule has 2 nitrogen and oxygen atoms in total. The molecule has 2 rings (SSSR count). The molecular weight excluding hydrogens is 124 g/mol. The van der Waals surface area contributed by atoms with Crippen molar-refractivity contribution in [1.29, 1.82) is 0 Å². The van der Waals surface area contributed by atoms with Crippen LogP contribution in [0.15, 0.2) is 23.4 Å². The fourth-order valence-electron chi connectivity index (χ4n) is 1.39. The Balaban J connectivity index is 2.17. The normalized spacial score (nSPS) is 24.0. The fourth-order valence-corrected chi connectivity index (χ4v) is 1.39. The summed E-state index contributed by atoms with van der Waals surface area (Å²) in [5.41, 5.74) is 2.89. The zero-order chi connectivity index (χ0) is 6.81. The molecule has 2 aliphatic rings. The van der Waals surface area contributed by atoms with Gasteiger partial charge in [-0.25, -0.2) is 5.32 Å². The molecule has 0 aromatic carbocycles. The fraction of sp³-hybridized carbons (Fsp3) is 0.500. The van der Waals surface area contributed by atoms with E-state index in [1.165, 1.54) is 11.3 Å². The maximum atomic E-state index is 4.26. The van der Waals surface area contributed by atoms with Gasteiger partial charge in [-0.2, -0.15) is 0 Å². The van der Waals surface area contributed by atoms with Crippen LogP contribution in [0.4, 0.5) is 0 Å². The van der Waals surface area contributed by atoms with Gasteiger partial charge in [-0.05, 0) is 12.0 Å². The van der Waals surface area contributed by atoms with Crippen molar-refractivity contribution in [1.82, 2.24) is 10.6 Å². The Morgan fingerprint density at radius 2 is 2.20 bits per heavy atom. The van der Waals surface area contributed by atoms with E-state index in [1.54, 1.807) is 0 Å². The number of allylic oxidation sites excluding steroid dienone is 2. The number of rotatable bonds is 0. The summed E-state index contributed by atoms with van der Waals surface area (Å²) in [5, 5.41) is 7.54. The van der Waals surface area contributed by atoms with E-state index >= 15 is 0 Å². The van der Waals surface area contributed by atoms with Crippen molar-refractivity contribution in [3.63, 3.8) is 0 Å². The van der Waals surface area contributed by atoms with Crippen LogP contribution in [0.1, 0.15) is 12.8 Å². The summed E-state index contributed by atoms with van der Waals surface area (Å²) in [6.45, 7) is 1.76. The van der Waals surface area contributed by atoms with E-state index in [0.717, 1.165) is 26.1 Å². The van der Waals surface area contributed by atoms with Crippen LogP contribution in [0.3, 0.4) is 0 Å². The molecule has 0 bridgehead atoms. The first-order chi connectivity index (χ1) is 4.97. The lowest BCUT2D eigenvalue weighted by Gasteiger charge is -2.22. The summed E-state index contributed by atoms with van der Waals surface area (Å²) in [6, 6.07) is 0. The topological polar surface area (TPSA) is 26.1 Å². The van der Waals surface area contributed by atoms with Gasteiger partial charge in [0.1, 0.15) is 0 Å². The number of nitrogens with one attached hydrogen (secondary N) is 1. The molecule has 1 N–H and O–H groups in total. The van der Waals surface area contributed by atoms with Crippen LogP contribution in [-0.4, -0.2) is 13.2 Å². The van der Waals surface area contributed by atoms with E-state index in [-0.39, 0.29) is 0 Å². The molecule has 1 heterocycles. The molecular formula is C8H11N2. The van der Waals surface area contributed by atoms with Gasteiger partial charge in [0.25, 0.3) is 0 Å². The molecule has 0 unspecified atom stereocenters. The van der Waals surface area contributed by atoms with Gasteiger partial charge in [0, 0.05) is 18.7 Å². The number of hydrogen-bond acceptors (Lipinski definition) is 1. The molecule has 0 amide bonds. The van der Waals surface area contributed by atoms with Gasteiger partial charge in [-0.15, -0.1) is 0 Å². The van der Waals surface area contributed by atoms with Crippen molar-refractivity contribution in [2.45, 2.75) is 12.8 Å². The Bertz CT molecular complexity index is 171. The summed E-state index contributed by atoms with van der Waals surface area (Å²) in [6.07, 6.45) is 6.63. The molecule has 0 saturated carbocycles. The Hall–Kier alpha value is -0.760. The summed E-state index contributed by atoms with van der Waals surface area (Å²) in [5.74, 6) is 0. The Labute approximate surface area is 61.0 Å². The number of nitrogens with zero attached hydrogens (tertiary/aromatic N) is 1. The van der Waals surface area contributed by atoms with Crippen molar-refractivity contribution in [3.8, 4) is 0 Å². The van der Waals surface area contributed by atoms with Crippen LogP contribution in [0.2, 0.25) is 0 Å². The van der Waals surface area contributed by atoms with Crippen molar-refractivity contribution < 1.29 is 0 Å². The van der Waals surface area contributed by atoms with Gasteiger partial charge < -0.3 is 5.32 Å². The maximum absolute atomic E-state index is 4.26. The van der Waals surface area contributed by atoms with Crippen LogP contribution in [0.5, 0.6) is 0 Å². The van der Waals surface area contributed by atoms with E-state index in [0.29, 0.717) is 0 Å². The van der Waals surface area contributed by atoms with Gasteiger partial charge in [0.15, 0.2) is 0 Å². The lowest BCUT2D eigenvalue weighted by atomic mass is 10.0. The summed E-state index contributed by atoms with van der Waals surface area (Å²) < 4.78 is 0. The van der Waals surface area contributed by atoms with E-state index < -0.39 is 0 Å². The molecule has 0 fully saturated rings. The minimum atomic E-state index is 0.812.